The lowest BCUT2D eigenvalue weighted by Gasteiger charge is -2.23. The van der Waals surface area contributed by atoms with Gasteiger partial charge in [0, 0.05) is 5.54 Å². The first-order chi connectivity index (χ1) is 6.91. The molecule has 2 N–H and O–H groups in total. The molecule has 6 nitrogen and oxygen atoms in total. The lowest BCUT2D eigenvalue weighted by atomic mass is 10.0. The van der Waals surface area contributed by atoms with E-state index in [9.17, 15) is 9.59 Å². The molecule has 1 aromatic rings. The molecular weight excluding hydrogens is 218 g/mol. The smallest absolute Gasteiger partial charge is 0.305 e. The molecule has 0 aliphatic carbocycles. The number of rotatable bonds is 4. The molecule has 0 unspecified atom stereocenters. The number of carboxylic acids is 1. The molecule has 1 heterocycles. The minimum Gasteiger partial charge on any atom is -0.481 e. The maximum Gasteiger partial charge on any atom is 0.305 e. The molecule has 0 saturated carbocycles. The highest BCUT2D eigenvalue weighted by Gasteiger charge is 2.25. The molecular formula is C8H11N3O3S. The van der Waals surface area contributed by atoms with Gasteiger partial charge in [0.25, 0.3) is 5.91 Å². The third-order valence-corrected chi connectivity index (χ3v) is 2.12. The normalized spacial score (nSPS) is 11.1. The highest BCUT2D eigenvalue weighted by Crippen LogP contribution is 2.09. The van der Waals surface area contributed by atoms with E-state index in [0.717, 1.165) is 11.7 Å². The van der Waals surface area contributed by atoms with Crippen LogP contribution < -0.4 is 5.32 Å². The summed E-state index contributed by atoms with van der Waals surface area (Å²) in [6.45, 7) is 3.28. The number of carbonyl (C=O) groups excluding carboxylic acids is 1. The van der Waals surface area contributed by atoms with Crippen LogP contribution in [-0.2, 0) is 4.79 Å². The van der Waals surface area contributed by atoms with Gasteiger partial charge in [-0.25, -0.2) is 0 Å². The Hall–Kier alpha value is -1.50. The molecule has 15 heavy (non-hydrogen) atoms. The van der Waals surface area contributed by atoms with Crippen LogP contribution in [0.25, 0.3) is 0 Å². The predicted octanol–water partition coefficient (Wildman–Crippen LogP) is 0.521. The van der Waals surface area contributed by atoms with Crippen LogP contribution in [0.4, 0.5) is 0 Å². The maximum absolute atomic E-state index is 11.5. The first-order valence-electron chi connectivity index (χ1n) is 4.22. The lowest BCUT2D eigenvalue weighted by molar-refractivity contribution is -0.138. The minimum atomic E-state index is -0.961. The van der Waals surface area contributed by atoms with Crippen molar-refractivity contribution in [3.05, 3.63) is 11.9 Å². The fraction of sp³-hybridized carbons (Fsp3) is 0.500. The predicted molar refractivity (Wildman–Crippen MR) is 53.7 cm³/mol. The number of carbonyl (C=O) groups is 2. The Kier molecular flexibility index (Phi) is 3.35. The molecule has 82 valence electrons. The van der Waals surface area contributed by atoms with Crippen LogP contribution in [-0.4, -0.2) is 31.3 Å². The van der Waals surface area contributed by atoms with Crippen LogP contribution in [0.15, 0.2) is 6.20 Å². The van der Waals surface area contributed by atoms with E-state index in [2.05, 4.69) is 14.1 Å². The van der Waals surface area contributed by atoms with E-state index < -0.39 is 17.4 Å². The van der Waals surface area contributed by atoms with E-state index in [1.165, 1.54) is 6.20 Å². The van der Waals surface area contributed by atoms with Gasteiger partial charge >= 0.3 is 5.97 Å². The summed E-state index contributed by atoms with van der Waals surface area (Å²) in [5.41, 5.74) is -0.592. The van der Waals surface area contributed by atoms with Gasteiger partial charge < -0.3 is 10.4 Å². The zero-order valence-electron chi connectivity index (χ0n) is 8.35. The molecule has 0 saturated heterocycles. The van der Waals surface area contributed by atoms with E-state index in [1.807, 2.05) is 0 Å². The number of nitrogens with one attached hydrogen (secondary N) is 1. The first-order valence-corrected chi connectivity index (χ1v) is 4.95. The Balaban J connectivity index is 2.61. The molecule has 0 aromatic carbocycles. The van der Waals surface area contributed by atoms with Crippen molar-refractivity contribution in [1.82, 2.24) is 14.1 Å². The molecule has 7 heteroatoms. The molecule has 1 amide bonds. The second-order valence-electron chi connectivity index (χ2n) is 3.70. The molecule has 0 fully saturated rings. The van der Waals surface area contributed by atoms with Gasteiger partial charge in [0.15, 0.2) is 5.69 Å². The molecule has 0 bridgehead atoms. The molecule has 0 spiro atoms. The summed E-state index contributed by atoms with van der Waals surface area (Å²) in [6, 6.07) is 0. The van der Waals surface area contributed by atoms with Crippen LogP contribution in [0.5, 0.6) is 0 Å². The van der Waals surface area contributed by atoms with Crippen molar-refractivity contribution in [3.8, 4) is 0 Å². The summed E-state index contributed by atoms with van der Waals surface area (Å²) in [5, 5.41) is 11.2. The van der Waals surface area contributed by atoms with Crippen molar-refractivity contribution in [3.63, 3.8) is 0 Å². The third-order valence-electron chi connectivity index (χ3n) is 1.64. The van der Waals surface area contributed by atoms with E-state index >= 15 is 0 Å². The van der Waals surface area contributed by atoms with Gasteiger partial charge in [-0.15, -0.1) is 0 Å². The summed E-state index contributed by atoms with van der Waals surface area (Å²) in [5.74, 6) is -1.37. The van der Waals surface area contributed by atoms with E-state index in [0.29, 0.717) is 0 Å². The van der Waals surface area contributed by atoms with Gasteiger partial charge in [0.05, 0.1) is 24.3 Å². The largest absolute Gasteiger partial charge is 0.481 e. The Labute approximate surface area is 90.7 Å². The van der Waals surface area contributed by atoms with Gasteiger partial charge in [0.1, 0.15) is 0 Å². The van der Waals surface area contributed by atoms with Crippen molar-refractivity contribution in [2.24, 2.45) is 0 Å². The fourth-order valence-corrected chi connectivity index (χ4v) is 1.47. The summed E-state index contributed by atoms with van der Waals surface area (Å²) in [7, 11) is 0. The second-order valence-corrected chi connectivity index (χ2v) is 4.26. The highest BCUT2D eigenvalue weighted by atomic mass is 32.1. The number of carboxylic acid groups (broad SMARTS) is 1. The van der Waals surface area contributed by atoms with Crippen LogP contribution >= 0.6 is 11.7 Å². The van der Waals surface area contributed by atoms with Crippen molar-refractivity contribution in [1.29, 1.82) is 0 Å². The Morgan fingerprint density at radius 1 is 1.60 bits per heavy atom. The zero-order valence-corrected chi connectivity index (χ0v) is 9.17. The zero-order chi connectivity index (χ0) is 11.5. The average molecular weight is 229 g/mol. The van der Waals surface area contributed by atoms with Crippen molar-refractivity contribution in [2.75, 3.05) is 0 Å². The van der Waals surface area contributed by atoms with Gasteiger partial charge in [-0.3, -0.25) is 9.59 Å². The molecule has 0 aliphatic rings. The number of hydrogen-bond acceptors (Lipinski definition) is 5. The van der Waals surface area contributed by atoms with Crippen LogP contribution in [0.2, 0.25) is 0 Å². The molecule has 1 rings (SSSR count). The quantitative estimate of drug-likeness (QED) is 0.785. The minimum absolute atomic E-state index is 0.143. The monoisotopic (exact) mass is 229 g/mol. The van der Waals surface area contributed by atoms with Crippen molar-refractivity contribution < 1.29 is 14.7 Å². The van der Waals surface area contributed by atoms with Crippen LogP contribution in [0, 0.1) is 0 Å². The molecule has 0 radical (unpaired) electrons. The number of amides is 1. The second kappa shape index (κ2) is 4.35. The maximum atomic E-state index is 11.5. The number of nitrogens with zero attached hydrogens (tertiary/aromatic N) is 2. The number of aliphatic carboxylic acids is 1. The Bertz CT molecular complexity index is 361. The average Bonchev–Trinajstić information content (AvgIpc) is 2.50. The first kappa shape index (κ1) is 11.6. The van der Waals surface area contributed by atoms with Gasteiger partial charge in [-0.05, 0) is 13.8 Å². The van der Waals surface area contributed by atoms with Crippen LogP contribution in [0.1, 0.15) is 30.8 Å². The van der Waals surface area contributed by atoms with E-state index in [4.69, 9.17) is 5.11 Å². The van der Waals surface area contributed by atoms with Crippen molar-refractivity contribution >= 4 is 23.6 Å². The van der Waals surface area contributed by atoms with Gasteiger partial charge in [-0.1, -0.05) is 0 Å². The standard InChI is InChI=1S/C8H11N3O3S/c1-8(2,3-6(12)13)10-7(14)5-4-9-15-11-5/h4H,3H2,1-2H3,(H,10,14)(H,12,13). The van der Waals surface area contributed by atoms with Crippen LogP contribution in [0.3, 0.4) is 0 Å². The fourth-order valence-electron chi connectivity index (χ4n) is 1.06. The SMILES string of the molecule is CC(C)(CC(=O)O)NC(=O)c1cnsn1. The Morgan fingerprint density at radius 2 is 2.27 bits per heavy atom. The Morgan fingerprint density at radius 3 is 2.73 bits per heavy atom. The number of hydrogen-bond donors (Lipinski definition) is 2. The van der Waals surface area contributed by atoms with E-state index in [-0.39, 0.29) is 12.1 Å². The summed E-state index contributed by atoms with van der Waals surface area (Å²) in [4.78, 5) is 22.0. The molecule has 0 atom stereocenters. The summed E-state index contributed by atoms with van der Waals surface area (Å²) in [6.07, 6.45) is 1.20. The summed E-state index contributed by atoms with van der Waals surface area (Å²) >= 11 is 0.931. The topological polar surface area (TPSA) is 92.2 Å². The number of aromatic nitrogens is 2. The highest BCUT2D eigenvalue weighted by molar-refractivity contribution is 6.99. The van der Waals surface area contributed by atoms with Gasteiger partial charge in [0.2, 0.25) is 0 Å². The lowest BCUT2D eigenvalue weighted by Crippen LogP contribution is -2.45. The summed E-state index contributed by atoms with van der Waals surface area (Å²) < 4.78 is 7.44. The molecule has 0 aliphatic heterocycles. The van der Waals surface area contributed by atoms with Gasteiger partial charge in [-0.2, -0.15) is 8.75 Å². The van der Waals surface area contributed by atoms with E-state index in [1.54, 1.807) is 13.8 Å². The van der Waals surface area contributed by atoms with Crippen molar-refractivity contribution in [2.45, 2.75) is 25.8 Å². The molecule has 1 aromatic heterocycles. The third kappa shape index (κ3) is 3.62.